The van der Waals surface area contributed by atoms with E-state index in [2.05, 4.69) is 55.7 Å². The number of nitrogens with one attached hydrogen (secondary N) is 1. The van der Waals surface area contributed by atoms with Gasteiger partial charge in [-0.1, -0.05) is 29.8 Å². The molecule has 0 heterocycles. The zero-order valence-electron chi connectivity index (χ0n) is 15.8. The molecule has 3 rings (SSSR count). The van der Waals surface area contributed by atoms with Crippen molar-refractivity contribution >= 4 is 68.9 Å². The van der Waals surface area contributed by atoms with E-state index in [4.69, 9.17) is 16.3 Å². The first-order valence-corrected chi connectivity index (χ1v) is 11.3. The molecule has 0 unspecified atom stereocenters. The fourth-order valence-corrected chi connectivity index (χ4v) is 4.80. The monoisotopic (exact) mass is 648 g/mol. The second-order valence-corrected chi connectivity index (χ2v) is 9.12. The fraction of sp³-hybridized carbons (Fsp3) is 0.0909. The minimum Gasteiger partial charge on any atom is -0.487 e. The number of hydrogen-bond donors (Lipinski definition) is 1. The first-order valence-electron chi connectivity index (χ1n) is 8.79. The van der Waals surface area contributed by atoms with Gasteiger partial charge in [0.25, 0.3) is 5.91 Å². The third kappa shape index (κ3) is 6.14. The number of rotatable bonds is 6. The summed E-state index contributed by atoms with van der Waals surface area (Å²) in [4.78, 5) is 12.2. The molecule has 0 aliphatic rings. The molecule has 0 saturated carbocycles. The Morgan fingerprint density at radius 2 is 1.80 bits per heavy atom. The molecule has 4 nitrogen and oxygen atoms in total. The number of benzene rings is 3. The van der Waals surface area contributed by atoms with Crippen LogP contribution in [0.1, 0.15) is 27.0 Å². The summed E-state index contributed by atoms with van der Waals surface area (Å²) < 4.78 is 20.7. The van der Waals surface area contributed by atoms with E-state index in [9.17, 15) is 9.18 Å². The summed E-state index contributed by atoms with van der Waals surface area (Å²) in [5.74, 6) is 0.136. The predicted molar refractivity (Wildman–Crippen MR) is 134 cm³/mol. The smallest absolute Gasteiger partial charge is 0.271 e. The lowest BCUT2D eigenvalue weighted by Gasteiger charge is -2.11. The van der Waals surface area contributed by atoms with Gasteiger partial charge in [0.15, 0.2) is 0 Å². The Kier molecular flexibility index (Phi) is 8.06. The van der Waals surface area contributed by atoms with Gasteiger partial charge in [0, 0.05) is 10.6 Å². The van der Waals surface area contributed by atoms with Crippen LogP contribution in [0.4, 0.5) is 4.39 Å². The Labute approximate surface area is 206 Å². The van der Waals surface area contributed by atoms with Crippen molar-refractivity contribution in [3.63, 3.8) is 0 Å². The van der Waals surface area contributed by atoms with Gasteiger partial charge in [-0.2, -0.15) is 5.10 Å². The summed E-state index contributed by atoms with van der Waals surface area (Å²) in [6.45, 7) is 2.22. The quantitative estimate of drug-likeness (QED) is 0.193. The predicted octanol–water partition coefficient (Wildman–Crippen LogP) is 6.34. The summed E-state index contributed by atoms with van der Waals surface area (Å²) >= 11 is 10.4. The number of aryl methyl sites for hydroxylation is 1. The molecule has 30 heavy (non-hydrogen) atoms. The minimum absolute atomic E-state index is 0.274. The number of carbonyl (C=O) groups excluding carboxylic acids is 1. The lowest BCUT2D eigenvalue weighted by molar-refractivity contribution is 0.0955. The maximum atomic E-state index is 13.0. The van der Waals surface area contributed by atoms with Crippen molar-refractivity contribution in [2.24, 2.45) is 5.10 Å². The minimum atomic E-state index is -0.336. The molecule has 0 saturated heterocycles. The molecule has 3 aromatic rings. The summed E-state index contributed by atoms with van der Waals surface area (Å²) in [5, 5.41) is 4.57. The number of ether oxygens (including phenoxy) is 1. The van der Waals surface area contributed by atoms with Crippen molar-refractivity contribution in [3.05, 3.63) is 94.8 Å². The highest BCUT2D eigenvalue weighted by atomic mass is 127. The van der Waals surface area contributed by atoms with Crippen LogP contribution in [-0.4, -0.2) is 12.1 Å². The third-order valence-corrected chi connectivity index (χ3v) is 6.14. The molecule has 0 spiro atoms. The summed E-state index contributed by atoms with van der Waals surface area (Å²) in [7, 11) is 0. The lowest BCUT2D eigenvalue weighted by Crippen LogP contribution is -2.17. The van der Waals surface area contributed by atoms with Gasteiger partial charge >= 0.3 is 0 Å². The van der Waals surface area contributed by atoms with Crippen molar-refractivity contribution in [1.82, 2.24) is 5.43 Å². The summed E-state index contributed by atoms with van der Waals surface area (Å²) in [6.07, 6.45) is 1.57. The van der Waals surface area contributed by atoms with Gasteiger partial charge in [-0.05, 0) is 105 Å². The van der Waals surface area contributed by atoms with Gasteiger partial charge in [-0.15, -0.1) is 0 Å². The van der Waals surface area contributed by atoms with E-state index >= 15 is 0 Å². The standard InChI is InChI=1S/C22H16ClFI2N2O2/c1-13-2-5-16(10-18(13)23)22(29)28-27-11-15-8-19(25)21(20(26)9-15)30-12-14-3-6-17(24)7-4-14/h2-11H,12H2,1H3,(H,28,29)/b27-11-. The highest BCUT2D eigenvalue weighted by Crippen LogP contribution is 2.29. The largest absolute Gasteiger partial charge is 0.487 e. The highest BCUT2D eigenvalue weighted by molar-refractivity contribution is 14.1. The van der Waals surface area contributed by atoms with Crippen LogP contribution < -0.4 is 10.2 Å². The molecule has 0 atom stereocenters. The van der Waals surface area contributed by atoms with Crippen LogP contribution in [0, 0.1) is 19.9 Å². The molecule has 0 fully saturated rings. The first kappa shape index (κ1) is 23.0. The number of carbonyl (C=O) groups is 1. The Hall–Kier alpha value is -1.72. The SMILES string of the molecule is Cc1ccc(C(=O)N/N=C\c2cc(I)c(OCc3ccc(F)cc3)c(I)c2)cc1Cl. The van der Waals surface area contributed by atoms with Crippen molar-refractivity contribution in [2.75, 3.05) is 0 Å². The second-order valence-electron chi connectivity index (χ2n) is 6.39. The zero-order chi connectivity index (χ0) is 21.7. The number of hydrogen-bond acceptors (Lipinski definition) is 3. The van der Waals surface area contributed by atoms with E-state index in [1.165, 1.54) is 12.1 Å². The summed E-state index contributed by atoms with van der Waals surface area (Å²) in [5.41, 5.74) is 5.55. The Balaban J connectivity index is 1.64. The molecule has 1 N–H and O–H groups in total. The first-order chi connectivity index (χ1) is 14.3. The van der Waals surface area contributed by atoms with Gasteiger partial charge < -0.3 is 4.74 Å². The van der Waals surface area contributed by atoms with Crippen LogP contribution in [0.5, 0.6) is 5.75 Å². The number of hydrazone groups is 1. The molecule has 0 radical (unpaired) electrons. The van der Waals surface area contributed by atoms with Crippen molar-refractivity contribution < 1.29 is 13.9 Å². The van der Waals surface area contributed by atoms with Crippen LogP contribution in [0.15, 0.2) is 59.7 Å². The van der Waals surface area contributed by atoms with E-state index in [1.807, 2.05) is 19.1 Å². The topological polar surface area (TPSA) is 50.7 Å². The van der Waals surface area contributed by atoms with Gasteiger partial charge in [0.1, 0.15) is 18.2 Å². The average molecular weight is 649 g/mol. The maximum absolute atomic E-state index is 13.0. The molecule has 0 bridgehead atoms. The zero-order valence-corrected chi connectivity index (χ0v) is 20.8. The molecule has 1 amide bonds. The van der Waals surface area contributed by atoms with Crippen LogP contribution in [0.3, 0.4) is 0 Å². The molecule has 3 aromatic carbocycles. The number of amides is 1. The molecule has 0 aliphatic heterocycles. The molecular weight excluding hydrogens is 633 g/mol. The van der Waals surface area contributed by atoms with Crippen LogP contribution >= 0.6 is 56.8 Å². The van der Waals surface area contributed by atoms with Gasteiger partial charge in [0.2, 0.25) is 0 Å². The van der Waals surface area contributed by atoms with Gasteiger partial charge in [-0.25, -0.2) is 9.82 Å². The summed E-state index contributed by atoms with van der Waals surface area (Å²) in [6, 6.07) is 15.1. The van der Waals surface area contributed by atoms with E-state index < -0.39 is 0 Å². The maximum Gasteiger partial charge on any atom is 0.271 e. The average Bonchev–Trinajstić information content (AvgIpc) is 2.70. The number of nitrogens with zero attached hydrogens (tertiary/aromatic N) is 1. The lowest BCUT2D eigenvalue weighted by atomic mass is 10.1. The fourth-order valence-electron chi connectivity index (χ4n) is 2.49. The number of halogens is 4. The Morgan fingerprint density at radius 1 is 1.13 bits per heavy atom. The van der Waals surface area contributed by atoms with Crippen LogP contribution in [0.2, 0.25) is 5.02 Å². The van der Waals surface area contributed by atoms with Crippen molar-refractivity contribution in [2.45, 2.75) is 13.5 Å². The van der Waals surface area contributed by atoms with E-state index in [1.54, 1.807) is 36.5 Å². The molecule has 0 aromatic heterocycles. The second kappa shape index (κ2) is 10.5. The highest BCUT2D eigenvalue weighted by Gasteiger charge is 2.10. The molecule has 8 heteroatoms. The van der Waals surface area contributed by atoms with Crippen LogP contribution in [-0.2, 0) is 6.61 Å². The van der Waals surface area contributed by atoms with E-state index in [-0.39, 0.29) is 11.7 Å². The Bertz CT molecular complexity index is 1080. The molecular formula is C22H16ClFI2N2O2. The van der Waals surface area contributed by atoms with Crippen molar-refractivity contribution in [3.8, 4) is 5.75 Å². The van der Waals surface area contributed by atoms with E-state index in [0.29, 0.717) is 17.2 Å². The van der Waals surface area contributed by atoms with Gasteiger partial charge in [0.05, 0.1) is 13.4 Å². The molecule has 154 valence electrons. The third-order valence-electron chi connectivity index (χ3n) is 4.13. The molecule has 0 aliphatic carbocycles. The normalized spacial score (nSPS) is 11.0. The van der Waals surface area contributed by atoms with Crippen LogP contribution in [0.25, 0.3) is 0 Å². The van der Waals surface area contributed by atoms with Gasteiger partial charge in [-0.3, -0.25) is 4.79 Å². The Morgan fingerprint density at radius 3 is 2.43 bits per heavy atom. The van der Waals surface area contributed by atoms with E-state index in [0.717, 1.165) is 29.6 Å². The van der Waals surface area contributed by atoms with Crippen molar-refractivity contribution in [1.29, 1.82) is 0 Å².